The summed E-state index contributed by atoms with van der Waals surface area (Å²) in [6.07, 6.45) is 0.932. The summed E-state index contributed by atoms with van der Waals surface area (Å²) in [6, 6.07) is 20.9. The Kier molecular flexibility index (Phi) is 3.25. The standard InChI is InChI=1S/C17H16N2/c18-12-15-9-10-16-14(7-4-8-17(16)19-15)11-13-5-2-1-3-6-13/h1-10H,11-12,18H2. The maximum absolute atomic E-state index is 5.64. The van der Waals surface area contributed by atoms with E-state index in [1.807, 2.05) is 18.2 Å². The van der Waals surface area contributed by atoms with Gasteiger partial charge in [-0.15, -0.1) is 0 Å². The molecule has 1 heterocycles. The lowest BCUT2D eigenvalue weighted by atomic mass is 10.0. The second kappa shape index (κ2) is 5.21. The van der Waals surface area contributed by atoms with Gasteiger partial charge in [0.05, 0.1) is 11.2 Å². The maximum atomic E-state index is 5.64. The number of nitrogens with two attached hydrogens (primary N) is 1. The average Bonchev–Trinajstić information content (AvgIpc) is 2.48. The van der Waals surface area contributed by atoms with Crippen LogP contribution < -0.4 is 5.73 Å². The third kappa shape index (κ3) is 2.49. The minimum absolute atomic E-state index is 0.485. The minimum Gasteiger partial charge on any atom is -0.325 e. The van der Waals surface area contributed by atoms with E-state index in [9.17, 15) is 0 Å². The van der Waals surface area contributed by atoms with Crippen LogP contribution in [-0.2, 0) is 13.0 Å². The number of hydrogen-bond acceptors (Lipinski definition) is 2. The lowest BCUT2D eigenvalue weighted by Gasteiger charge is -2.07. The first-order valence-corrected chi connectivity index (χ1v) is 6.48. The van der Waals surface area contributed by atoms with Crippen molar-refractivity contribution in [1.29, 1.82) is 0 Å². The molecule has 0 bridgehead atoms. The summed E-state index contributed by atoms with van der Waals surface area (Å²) >= 11 is 0. The summed E-state index contributed by atoms with van der Waals surface area (Å²) in [4.78, 5) is 4.57. The Morgan fingerprint density at radius 1 is 0.842 bits per heavy atom. The summed E-state index contributed by atoms with van der Waals surface area (Å²) < 4.78 is 0. The third-order valence-electron chi connectivity index (χ3n) is 3.33. The quantitative estimate of drug-likeness (QED) is 0.772. The van der Waals surface area contributed by atoms with Gasteiger partial charge < -0.3 is 5.73 Å². The zero-order valence-corrected chi connectivity index (χ0v) is 10.7. The molecule has 0 atom stereocenters. The van der Waals surface area contributed by atoms with Gasteiger partial charge in [-0.1, -0.05) is 48.5 Å². The van der Waals surface area contributed by atoms with E-state index in [1.54, 1.807) is 0 Å². The van der Waals surface area contributed by atoms with Crippen LogP contribution in [0.5, 0.6) is 0 Å². The SMILES string of the molecule is NCc1ccc2c(Cc3ccccc3)cccc2n1. The molecule has 0 spiro atoms. The fraction of sp³-hybridized carbons (Fsp3) is 0.118. The first kappa shape index (κ1) is 11.9. The van der Waals surface area contributed by atoms with Crippen LogP contribution in [0.25, 0.3) is 10.9 Å². The Hall–Kier alpha value is -2.19. The molecule has 0 fully saturated rings. The van der Waals surface area contributed by atoms with Crippen LogP contribution in [0.1, 0.15) is 16.8 Å². The van der Waals surface area contributed by atoms with Crippen molar-refractivity contribution in [3.05, 3.63) is 77.5 Å². The number of aromatic nitrogens is 1. The van der Waals surface area contributed by atoms with Gasteiger partial charge in [0.2, 0.25) is 0 Å². The molecule has 1 aromatic heterocycles. The van der Waals surface area contributed by atoms with Crippen molar-refractivity contribution in [3.8, 4) is 0 Å². The van der Waals surface area contributed by atoms with Crippen LogP contribution in [0.2, 0.25) is 0 Å². The molecule has 2 N–H and O–H groups in total. The Morgan fingerprint density at radius 3 is 2.47 bits per heavy atom. The van der Waals surface area contributed by atoms with Crippen LogP contribution >= 0.6 is 0 Å². The second-order valence-corrected chi connectivity index (χ2v) is 4.65. The average molecular weight is 248 g/mol. The minimum atomic E-state index is 0.485. The van der Waals surface area contributed by atoms with Gasteiger partial charge in [-0.25, -0.2) is 0 Å². The van der Waals surface area contributed by atoms with Crippen molar-refractivity contribution in [2.45, 2.75) is 13.0 Å². The lowest BCUT2D eigenvalue weighted by molar-refractivity contribution is 1.01. The van der Waals surface area contributed by atoms with E-state index in [0.29, 0.717) is 6.54 Å². The molecule has 0 saturated carbocycles. The highest BCUT2D eigenvalue weighted by Gasteiger charge is 2.03. The molecule has 0 aliphatic heterocycles. The Balaban J connectivity index is 2.04. The molecule has 0 saturated heterocycles. The van der Waals surface area contributed by atoms with Crippen molar-refractivity contribution >= 4 is 10.9 Å². The molecule has 0 unspecified atom stereocenters. The molecule has 3 aromatic rings. The summed E-state index contributed by atoms with van der Waals surface area (Å²) in [5.74, 6) is 0. The number of hydrogen-bond donors (Lipinski definition) is 1. The largest absolute Gasteiger partial charge is 0.325 e. The summed E-state index contributed by atoms with van der Waals surface area (Å²) in [6.45, 7) is 0.485. The summed E-state index contributed by atoms with van der Waals surface area (Å²) in [7, 11) is 0. The van der Waals surface area contributed by atoms with Crippen LogP contribution in [0.3, 0.4) is 0 Å². The van der Waals surface area contributed by atoms with Gasteiger partial charge in [-0.2, -0.15) is 0 Å². The van der Waals surface area contributed by atoms with E-state index in [4.69, 9.17) is 5.73 Å². The van der Waals surface area contributed by atoms with Gasteiger partial charge in [0.15, 0.2) is 0 Å². The van der Waals surface area contributed by atoms with Crippen molar-refractivity contribution in [3.63, 3.8) is 0 Å². The number of nitrogens with zero attached hydrogens (tertiary/aromatic N) is 1. The molecule has 0 aliphatic carbocycles. The lowest BCUT2D eigenvalue weighted by Crippen LogP contribution is -2.00. The van der Waals surface area contributed by atoms with E-state index in [1.165, 1.54) is 16.5 Å². The smallest absolute Gasteiger partial charge is 0.0708 e. The predicted molar refractivity (Wildman–Crippen MR) is 78.9 cm³/mol. The van der Waals surface area contributed by atoms with Gasteiger partial charge in [-0.3, -0.25) is 4.98 Å². The molecule has 0 radical (unpaired) electrons. The number of pyridine rings is 1. The molecule has 2 heteroatoms. The van der Waals surface area contributed by atoms with Crippen LogP contribution in [0.4, 0.5) is 0 Å². The first-order valence-electron chi connectivity index (χ1n) is 6.48. The van der Waals surface area contributed by atoms with Crippen molar-refractivity contribution < 1.29 is 0 Å². The zero-order chi connectivity index (χ0) is 13.1. The first-order chi connectivity index (χ1) is 9.36. The maximum Gasteiger partial charge on any atom is 0.0708 e. The van der Waals surface area contributed by atoms with Gasteiger partial charge in [0.25, 0.3) is 0 Å². The molecule has 19 heavy (non-hydrogen) atoms. The van der Waals surface area contributed by atoms with E-state index >= 15 is 0 Å². The zero-order valence-electron chi connectivity index (χ0n) is 10.7. The molecule has 0 amide bonds. The van der Waals surface area contributed by atoms with E-state index < -0.39 is 0 Å². The molecule has 2 nitrogen and oxygen atoms in total. The monoisotopic (exact) mass is 248 g/mol. The molecular formula is C17H16N2. The summed E-state index contributed by atoms with van der Waals surface area (Å²) in [5, 5.41) is 1.21. The van der Waals surface area contributed by atoms with E-state index in [2.05, 4.69) is 47.4 Å². The van der Waals surface area contributed by atoms with Crippen molar-refractivity contribution in [2.24, 2.45) is 5.73 Å². The van der Waals surface area contributed by atoms with E-state index in [0.717, 1.165) is 17.6 Å². The fourth-order valence-electron chi connectivity index (χ4n) is 2.34. The highest BCUT2D eigenvalue weighted by molar-refractivity contribution is 5.82. The predicted octanol–water partition coefficient (Wildman–Crippen LogP) is 3.28. The van der Waals surface area contributed by atoms with Crippen LogP contribution in [0, 0.1) is 0 Å². The van der Waals surface area contributed by atoms with Gasteiger partial charge in [-0.05, 0) is 29.7 Å². The molecule has 94 valence electrons. The van der Waals surface area contributed by atoms with Crippen molar-refractivity contribution in [1.82, 2.24) is 4.98 Å². The number of rotatable bonds is 3. The topological polar surface area (TPSA) is 38.9 Å². The molecule has 3 rings (SSSR count). The van der Waals surface area contributed by atoms with Crippen LogP contribution in [0.15, 0.2) is 60.7 Å². The summed E-state index contributed by atoms with van der Waals surface area (Å²) in [5.41, 5.74) is 10.2. The van der Waals surface area contributed by atoms with Crippen molar-refractivity contribution in [2.75, 3.05) is 0 Å². The van der Waals surface area contributed by atoms with Gasteiger partial charge >= 0.3 is 0 Å². The second-order valence-electron chi connectivity index (χ2n) is 4.65. The molecular weight excluding hydrogens is 232 g/mol. The Morgan fingerprint density at radius 2 is 1.68 bits per heavy atom. The normalized spacial score (nSPS) is 10.8. The Labute approximate surface area is 112 Å². The third-order valence-corrected chi connectivity index (χ3v) is 3.33. The van der Waals surface area contributed by atoms with Gasteiger partial charge in [0.1, 0.15) is 0 Å². The van der Waals surface area contributed by atoms with E-state index in [-0.39, 0.29) is 0 Å². The van der Waals surface area contributed by atoms with Crippen LogP contribution in [-0.4, -0.2) is 4.98 Å². The number of fused-ring (bicyclic) bond motifs is 1. The fourth-order valence-corrected chi connectivity index (χ4v) is 2.34. The highest BCUT2D eigenvalue weighted by Crippen LogP contribution is 2.20. The molecule has 2 aromatic carbocycles. The molecule has 0 aliphatic rings. The highest BCUT2D eigenvalue weighted by atomic mass is 14.7. The number of benzene rings is 2. The Bertz CT molecular complexity index is 690. The van der Waals surface area contributed by atoms with Gasteiger partial charge in [0, 0.05) is 11.9 Å².